The van der Waals surface area contributed by atoms with Gasteiger partial charge in [-0.15, -0.1) is 0 Å². The zero-order chi connectivity index (χ0) is 17.1. The molecule has 0 amide bonds. The highest BCUT2D eigenvalue weighted by molar-refractivity contribution is 5.75. The zero-order valence-electron chi connectivity index (χ0n) is 14.1. The van der Waals surface area contributed by atoms with Crippen LogP contribution in [0.4, 0.5) is 0 Å². The normalized spacial score (nSPS) is 28.4. The SMILES string of the molecule is CC(=O)OC[C@@]1(COC(=O)C(C)(C)C)OC(C)=C[C@H](C)[C@H]1O. The van der Waals surface area contributed by atoms with E-state index in [4.69, 9.17) is 14.2 Å². The van der Waals surface area contributed by atoms with Crippen LogP contribution < -0.4 is 0 Å². The second-order valence-corrected chi connectivity index (χ2v) is 6.85. The maximum atomic E-state index is 12.0. The highest BCUT2D eigenvalue weighted by Crippen LogP contribution is 2.33. The van der Waals surface area contributed by atoms with Crippen LogP contribution in [0.5, 0.6) is 0 Å². The van der Waals surface area contributed by atoms with Crippen LogP contribution in [0.25, 0.3) is 0 Å². The lowest BCUT2D eigenvalue weighted by atomic mass is 9.85. The van der Waals surface area contributed by atoms with Crippen molar-refractivity contribution in [2.75, 3.05) is 13.2 Å². The number of esters is 2. The maximum Gasteiger partial charge on any atom is 0.311 e. The molecule has 0 aromatic carbocycles. The summed E-state index contributed by atoms with van der Waals surface area (Å²) < 4.78 is 16.1. The molecule has 0 spiro atoms. The lowest BCUT2D eigenvalue weighted by Crippen LogP contribution is -2.57. The van der Waals surface area contributed by atoms with Gasteiger partial charge in [0.15, 0.2) is 0 Å². The number of carbonyl (C=O) groups is 2. The number of hydrogen-bond donors (Lipinski definition) is 1. The molecule has 0 unspecified atom stereocenters. The third-order valence-electron chi connectivity index (χ3n) is 3.48. The van der Waals surface area contributed by atoms with Crippen molar-refractivity contribution in [1.82, 2.24) is 0 Å². The van der Waals surface area contributed by atoms with E-state index in [1.165, 1.54) is 6.92 Å². The molecule has 1 heterocycles. The number of allylic oxidation sites excluding steroid dienone is 1. The summed E-state index contributed by atoms with van der Waals surface area (Å²) in [6.07, 6.45) is 0.825. The summed E-state index contributed by atoms with van der Waals surface area (Å²) in [5, 5.41) is 10.5. The van der Waals surface area contributed by atoms with Crippen molar-refractivity contribution in [3.05, 3.63) is 11.8 Å². The van der Waals surface area contributed by atoms with Gasteiger partial charge in [0.25, 0.3) is 0 Å². The van der Waals surface area contributed by atoms with Gasteiger partial charge >= 0.3 is 11.9 Å². The molecule has 0 aromatic heterocycles. The fourth-order valence-electron chi connectivity index (χ4n) is 2.25. The van der Waals surface area contributed by atoms with E-state index in [1.807, 2.05) is 6.92 Å². The molecular weight excluding hydrogens is 288 g/mol. The minimum atomic E-state index is -1.29. The highest BCUT2D eigenvalue weighted by atomic mass is 16.6. The van der Waals surface area contributed by atoms with Crippen molar-refractivity contribution >= 4 is 11.9 Å². The van der Waals surface area contributed by atoms with E-state index in [9.17, 15) is 14.7 Å². The molecule has 0 aromatic rings. The van der Waals surface area contributed by atoms with Gasteiger partial charge in [0, 0.05) is 12.8 Å². The Morgan fingerprint density at radius 2 is 1.86 bits per heavy atom. The molecule has 22 heavy (non-hydrogen) atoms. The second-order valence-electron chi connectivity index (χ2n) is 6.85. The third kappa shape index (κ3) is 4.47. The average molecular weight is 314 g/mol. The van der Waals surface area contributed by atoms with Crippen LogP contribution in [0.15, 0.2) is 11.8 Å². The Hall–Kier alpha value is -1.56. The largest absolute Gasteiger partial charge is 0.482 e. The molecule has 0 radical (unpaired) electrons. The smallest absolute Gasteiger partial charge is 0.311 e. The van der Waals surface area contributed by atoms with E-state index >= 15 is 0 Å². The van der Waals surface area contributed by atoms with Gasteiger partial charge in [0.1, 0.15) is 19.3 Å². The Morgan fingerprint density at radius 3 is 2.36 bits per heavy atom. The Kier molecular flexibility index (Phi) is 5.62. The van der Waals surface area contributed by atoms with Gasteiger partial charge in [-0.3, -0.25) is 9.59 Å². The van der Waals surface area contributed by atoms with Crippen LogP contribution >= 0.6 is 0 Å². The second kappa shape index (κ2) is 6.69. The molecule has 0 aliphatic carbocycles. The molecular formula is C16H26O6. The summed E-state index contributed by atoms with van der Waals surface area (Å²) in [5.74, 6) is -0.517. The van der Waals surface area contributed by atoms with Crippen molar-refractivity contribution in [3.8, 4) is 0 Å². The Labute approximate surface area is 131 Å². The quantitative estimate of drug-likeness (QED) is 0.797. The fourth-order valence-corrected chi connectivity index (χ4v) is 2.25. The molecule has 1 aliphatic heterocycles. The molecule has 3 atom stereocenters. The van der Waals surface area contributed by atoms with Gasteiger partial charge in [0.05, 0.1) is 11.2 Å². The summed E-state index contributed by atoms with van der Waals surface area (Å²) in [5.41, 5.74) is -1.95. The summed E-state index contributed by atoms with van der Waals surface area (Å²) in [6.45, 7) is 9.68. The lowest BCUT2D eigenvalue weighted by Gasteiger charge is -2.42. The molecule has 0 saturated heterocycles. The first-order valence-electron chi connectivity index (χ1n) is 7.34. The van der Waals surface area contributed by atoms with Crippen LogP contribution in [0, 0.1) is 11.3 Å². The van der Waals surface area contributed by atoms with Gasteiger partial charge in [-0.2, -0.15) is 0 Å². The number of carbonyl (C=O) groups excluding carboxylic acids is 2. The van der Waals surface area contributed by atoms with Crippen molar-refractivity contribution < 1.29 is 28.9 Å². The molecule has 126 valence electrons. The maximum absolute atomic E-state index is 12.0. The molecule has 1 rings (SSSR count). The van der Waals surface area contributed by atoms with Gasteiger partial charge in [-0.05, 0) is 33.8 Å². The van der Waals surface area contributed by atoms with Crippen molar-refractivity contribution in [3.63, 3.8) is 0 Å². The van der Waals surface area contributed by atoms with E-state index in [1.54, 1.807) is 33.8 Å². The number of aliphatic hydroxyl groups excluding tert-OH is 1. The molecule has 0 saturated carbocycles. The summed E-state index contributed by atoms with van der Waals surface area (Å²) in [6, 6.07) is 0. The van der Waals surface area contributed by atoms with Gasteiger partial charge in [0.2, 0.25) is 5.60 Å². The lowest BCUT2D eigenvalue weighted by molar-refractivity contribution is -0.196. The number of ether oxygens (including phenoxy) is 3. The van der Waals surface area contributed by atoms with E-state index in [-0.39, 0.29) is 19.1 Å². The standard InChI is InChI=1S/C16H26O6/c1-10-7-11(2)22-16(13(10)18,8-20-12(3)17)9-21-14(19)15(4,5)6/h7,10,13,18H,8-9H2,1-6H3/t10-,13+,16-/m0/s1. The van der Waals surface area contributed by atoms with E-state index < -0.39 is 29.1 Å². The van der Waals surface area contributed by atoms with Crippen molar-refractivity contribution in [2.45, 2.75) is 53.2 Å². The minimum absolute atomic E-state index is 0.184. The molecule has 6 heteroatoms. The van der Waals surface area contributed by atoms with Crippen LogP contribution in [-0.4, -0.2) is 42.0 Å². The van der Waals surface area contributed by atoms with E-state index in [2.05, 4.69) is 0 Å². The summed E-state index contributed by atoms with van der Waals surface area (Å²) >= 11 is 0. The number of aliphatic hydroxyl groups is 1. The van der Waals surface area contributed by atoms with Gasteiger partial charge < -0.3 is 19.3 Å². The first-order chi connectivity index (χ1) is 9.98. The van der Waals surface area contributed by atoms with E-state index in [0.717, 1.165) is 0 Å². The predicted molar refractivity (Wildman–Crippen MR) is 79.8 cm³/mol. The van der Waals surface area contributed by atoms with Gasteiger partial charge in [-0.1, -0.05) is 6.92 Å². The molecule has 6 nitrogen and oxygen atoms in total. The zero-order valence-corrected chi connectivity index (χ0v) is 14.1. The van der Waals surface area contributed by atoms with Crippen molar-refractivity contribution in [1.29, 1.82) is 0 Å². The molecule has 0 bridgehead atoms. The molecule has 1 aliphatic rings. The monoisotopic (exact) mass is 314 g/mol. The first kappa shape index (κ1) is 18.5. The molecule has 0 fully saturated rings. The van der Waals surface area contributed by atoms with Gasteiger partial charge in [-0.25, -0.2) is 0 Å². The number of rotatable bonds is 4. The fraction of sp³-hybridized carbons (Fsp3) is 0.750. The third-order valence-corrected chi connectivity index (χ3v) is 3.48. The Morgan fingerprint density at radius 1 is 1.32 bits per heavy atom. The Balaban J connectivity index is 2.95. The van der Waals surface area contributed by atoms with Crippen molar-refractivity contribution in [2.24, 2.45) is 11.3 Å². The predicted octanol–water partition coefficient (Wildman–Crippen LogP) is 1.81. The summed E-state index contributed by atoms with van der Waals surface area (Å²) in [4.78, 5) is 23.1. The summed E-state index contributed by atoms with van der Waals surface area (Å²) in [7, 11) is 0. The van der Waals surface area contributed by atoms with Crippen LogP contribution in [-0.2, 0) is 23.8 Å². The topological polar surface area (TPSA) is 82.1 Å². The Bertz CT molecular complexity index is 462. The van der Waals surface area contributed by atoms with Crippen LogP contribution in [0.3, 0.4) is 0 Å². The average Bonchev–Trinajstić information content (AvgIpc) is 2.38. The highest BCUT2D eigenvalue weighted by Gasteiger charge is 2.48. The minimum Gasteiger partial charge on any atom is -0.482 e. The first-order valence-corrected chi connectivity index (χ1v) is 7.34. The van der Waals surface area contributed by atoms with Crippen LogP contribution in [0.1, 0.15) is 41.5 Å². The van der Waals surface area contributed by atoms with E-state index in [0.29, 0.717) is 5.76 Å². The molecule has 1 N–H and O–H groups in total. The van der Waals surface area contributed by atoms with Crippen LogP contribution in [0.2, 0.25) is 0 Å². The number of hydrogen-bond acceptors (Lipinski definition) is 6.